The van der Waals surface area contributed by atoms with Crippen molar-refractivity contribution in [1.29, 1.82) is 0 Å². The Hall–Kier alpha value is -2.72. The maximum Gasteiger partial charge on any atom is 0.192 e. The first-order valence-electron chi connectivity index (χ1n) is 8.32. The van der Waals surface area contributed by atoms with Crippen LogP contribution < -0.4 is 4.90 Å². The predicted octanol–water partition coefficient (Wildman–Crippen LogP) is 2.56. The highest BCUT2D eigenvalue weighted by atomic mass is 16.3. The summed E-state index contributed by atoms with van der Waals surface area (Å²) in [5.41, 5.74) is 0.348. The Kier molecular flexibility index (Phi) is 4.81. The number of hydrogen-bond donors (Lipinski definition) is 1. The van der Waals surface area contributed by atoms with Crippen molar-refractivity contribution in [2.75, 3.05) is 11.4 Å². The van der Waals surface area contributed by atoms with Gasteiger partial charge in [0.2, 0.25) is 0 Å². The number of carbonyl (C=O) groups is 2. The van der Waals surface area contributed by atoms with Gasteiger partial charge in [-0.3, -0.25) is 4.79 Å². The lowest BCUT2D eigenvalue weighted by Crippen LogP contribution is -2.52. The molecule has 0 amide bonds. The number of anilines is 1. The number of para-hydroxylation sites is 1. The van der Waals surface area contributed by atoms with E-state index in [1.165, 1.54) is 0 Å². The van der Waals surface area contributed by atoms with E-state index in [1.54, 1.807) is 4.90 Å². The molecular weight excluding hydrogens is 314 g/mol. The van der Waals surface area contributed by atoms with Crippen LogP contribution >= 0.6 is 0 Å². The number of rotatable bonds is 6. The zero-order valence-electron chi connectivity index (χ0n) is 14.0. The highest BCUT2D eigenvalue weighted by molar-refractivity contribution is 6.05. The molecule has 0 bridgehead atoms. The van der Waals surface area contributed by atoms with E-state index in [0.29, 0.717) is 24.8 Å². The van der Waals surface area contributed by atoms with Gasteiger partial charge in [-0.05, 0) is 23.3 Å². The monoisotopic (exact) mass is 335 g/mol. The number of nitrogens with zero attached hydrogens (tertiary/aromatic N) is 1. The molecule has 0 aliphatic carbocycles. The number of aliphatic hydroxyl groups is 1. The van der Waals surface area contributed by atoms with Crippen LogP contribution in [0.25, 0.3) is 0 Å². The summed E-state index contributed by atoms with van der Waals surface area (Å²) < 4.78 is 0. The molecule has 4 nitrogen and oxygen atoms in total. The predicted molar refractivity (Wildman–Crippen MR) is 97.5 cm³/mol. The molecule has 2 unspecified atom stereocenters. The van der Waals surface area contributed by atoms with E-state index >= 15 is 0 Å². The summed E-state index contributed by atoms with van der Waals surface area (Å²) in [6, 6.07) is 17.9. The van der Waals surface area contributed by atoms with Gasteiger partial charge in [-0.15, -0.1) is 0 Å². The molecule has 4 heteroatoms. The minimum Gasteiger partial charge on any atom is -0.379 e. The number of hydrogen-bond acceptors (Lipinski definition) is 4. The molecule has 25 heavy (non-hydrogen) atoms. The molecule has 2 aromatic rings. The third-order valence-electron chi connectivity index (χ3n) is 4.75. The Morgan fingerprint density at radius 3 is 2.36 bits per heavy atom. The molecule has 1 heterocycles. The lowest BCUT2D eigenvalue weighted by Gasteiger charge is -2.30. The van der Waals surface area contributed by atoms with E-state index in [1.807, 2.05) is 60.7 Å². The topological polar surface area (TPSA) is 57.6 Å². The third-order valence-corrected chi connectivity index (χ3v) is 4.75. The van der Waals surface area contributed by atoms with Gasteiger partial charge in [0.25, 0.3) is 0 Å². The number of Topliss-reactive ketones (excluding diaryl/α,β-unsaturated/α-hetero) is 1. The van der Waals surface area contributed by atoms with Crippen molar-refractivity contribution in [2.24, 2.45) is 0 Å². The third kappa shape index (κ3) is 3.26. The molecule has 0 aromatic heterocycles. The Morgan fingerprint density at radius 1 is 1.16 bits per heavy atom. The second-order valence-corrected chi connectivity index (χ2v) is 6.38. The summed E-state index contributed by atoms with van der Waals surface area (Å²) in [5, 5.41) is 11.0. The number of aldehydes is 1. The first-order valence-corrected chi connectivity index (χ1v) is 8.32. The average molecular weight is 335 g/mol. The van der Waals surface area contributed by atoms with Crippen molar-refractivity contribution in [2.45, 2.75) is 24.5 Å². The van der Waals surface area contributed by atoms with Gasteiger partial charge in [-0.1, -0.05) is 55.1 Å². The van der Waals surface area contributed by atoms with Gasteiger partial charge in [-0.2, -0.15) is 0 Å². The van der Waals surface area contributed by atoms with E-state index in [9.17, 15) is 14.7 Å². The van der Waals surface area contributed by atoms with Gasteiger partial charge >= 0.3 is 0 Å². The molecule has 1 aliphatic rings. The average Bonchev–Trinajstić information content (AvgIpc) is 3.00. The Balaban J connectivity index is 1.81. The molecule has 3 rings (SSSR count). The quantitative estimate of drug-likeness (QED) is 0.651. The van der Waals surface area contributed by atoms with Crippen molar-refractivity contribution >= 4 is 17.8 Å². The molecular formula is C21H21NO3. The molecule has 1 saturated heterocycles. The van der Waals surface area contributed by atoms with Gasteiger partial charge in [0.05, 0.1) is 0 Å². The highest BCUT2D eigenvalue weighted by Crippen LogP contribution is 2.34. The fraction of sp³-hybridized carbons (Fsp3) is 0.238. The van der Waals surface area contributed by atoms with Crippen LogP contribution in [0, 0.1) is 0 Å². The molecule has 0 saturated carbocycles. The first-order chi connectivity index (χ1) is 12.1. The van der Waals surface area contributed by atoms with E-state index < -0.39 is 17.4 Å². The normalized spacial score (nSPS) is 22.6. The second-order valence-electron chi connectivity index (χ2n) is 6.38. The Labute approximate surface area is 147 Å². The summed E-state index contributed by atoms with van der Waals surface area (Å²) in [7, 11) is 0. The van der Waals surface area contributed by atoms with E-state index in [-0.39, 0.29) is 6.42 Å². The van der Waals surface area contributed by atoms with Crippen molar-refractivity contribution < 1.29 is 14.7 Å². The molecule has 0 radical (unpaired) electrons. The van der Waals surface area contributed by atoms with Crippen LogP contribution in [0.3, 0.4) is 0 Å². The summed E-state index contributed by atoms with van der Waals surface area (Å²) >= 11 is 0. The van der Waals surface area contributed by atoms with Crippen molar-refractivity contribution in [1.82, 2.24) is 0 Å². The summed E-state index contributed by atoms with van der Waals surface area (Å²) in [5.74, 6) is -0.452. The van der Waals surface area contributed by atoms with Crippen LogP contribution in [0.15, 0.2) is 72.8 Å². The van der Waals surface area contributed by atoms with Crippen LogP contribution in [0.4, 0.5) is 5.69 Å². The van der Waals surface area contributed by atoms with Gasteiger partial charge in [0.1, 0.15) is 12.3 Å². The van der Waals surface area contributed by atoms with E-state index in [2.05, 4.69) is 6.58 Å². The molecule has 128 valence electrons. The number of carbonyl (C=O) groups excluding carboxylic acids is 2. The van der Waals surface area contributed by atoms with Gasteiger partial charge in [0.15, 0.2) is 11.4 Å². The lowest BCUT2D eigenvalue weighted by molar-refractivity contribution is -0.136. The van der Waals surface area contributed by atoms with Crippen LogP contribution in [0.5, 0.6) is 0 Å². The molecule has 1 fully saturated rings. The summed E-state index contributed by atoms with van der Waals surface area (Å²) in [6.45, 7) is 4.30. The minimum atomic E-state index is -1.73. The maximum atomic E-state index is 12.9. The Bertz CT molecular complexity index is 772. The SMILES string of the molecule is C=C(Cc1ccccc1)C(=O)C1(O)CCN(c2ccccc2)C1C=O. The van der Waals surface area contributed by atoms with Crippen LogP contribution in [0.2, 0.25) is 0 Å². The maximum absolute atomic E-state index is 12.9. The number of benzene rings is 2. The van der Waals surface area contributed by atoms with Crippen LogP contribution in [0.1, 0.15) is 12.0 Å². The fourth-order valence-electron chi connectivity index (χ4n) is 3.41. The van der Waals surface area contributed by atoms with Gasteiger partial charge < -0.3 is 14.8 Å². The molecule has 1 aliphatic heterocycles. The largest absolute Gasteiger partial charge is 0.379 e. The summed E-state index contributed by atoms with van der Waals surface area (Å²) in [6.07, 6.45) is 1.23. The van der Waals surface area contributed by atoms with Gasteiger partial charge in [0, 0.05) is 25.1 Å². The van der Waals surface area contributed by atoms with Crippen LogP contribution in [-0.2, 0) is 16.0 Å². The zero-order valence-corrected chi connectivity index (χ0v) is 14.0. The minimum absolute atomic E-state index is 0.206. The fourth-order valence-corrected chi connectivity index (χ4v) is 3.41. The van der Waals surface area contributed by atoms with E-state index in [4.69, 9.17) is 0 Å². The van der Waals surface area contributed by atoms with Crippen LogP contribution in [-0.4, -0.2) is 35.4 Å². The van der Waals surface area contributed by atoms with E-state index in [0.717, 1.165) is 11.3 Å². The number of ketones is 1. The smallest absolute Gasteiger partial charge is 0.192 e. The molecule has 1 N–H and O–H groups in total. The first kappa shape index (κ1) is 17.1. The van der Waals surface area contributed by atoms with Crippen molar-refractivity contribution in [3.8, 4) is 0 Å². The molecule has 2 atom stereocenters. The van der Waals surface area contributed by atoms with Crippen molar-refractivity contribution in [3.05, 3.63) is 78.4 Å². The van der Waals surface area contributed by atoms with Gasteiger partial charge in [-0.25, -0.2) is 0 Å². The zero-order chi connectivity index (χ0) is 17.9. The Morgan fingerprint density at radius 2 is 1.76 bits per heavy atom. The molecule has 0 spiro atoms. The standard InChI is InChI=1S/C21H21NO3/c1-16(14-17-8-4-2-5-9-17)20(24)21(25)12-13-22(19(21)15-23)18-10-6-3-7-11-18/h2-11,15,19,25H,1,12-14H2. The lowest BCUT2D eigenvalue weighted by atomic mass is 9.85. The highest BCUT2D eigenvalue weighted by Gasteiger charge is 2.52. The second kappa shape index (κ2) is 7.03. The summed E-state index contributed by atoms with van der Waals surface area (Å²) in [4.78, 5) is 26.4. The molecule has 2 aromatic carbocycles. The van der Waals surface area contributed by atoms with Crippen molar-refractivity contribution in [3.63, 3.8) is 0 Å².